The number of esters is 6. The highest BCUT2D eigenvalue weighted by molar-refractivity contribution is 5.87. The number of unbranched alkanes of at least 4 members (excludes halogenated alkanes) is 2. The summed E-state index contributed by atoms with van der Waals surface area (Å²) in [6.45, 7) is 10.7. The highest BCUT2D eigenvalue weighted by Crippen LogP contribution is 2.40. The molecule has 0 spiro atoms. The van der Waals surface area contributed by atoms with Gasteiger partial charge in [0.1, 0.15) is 50.0 Å². The second kappa shape index (κ2) is 26.7. The van der Waals surface area contributed by atoms with Crippen LogP contribution in [0.15, 0.2) is 85.0 Å². The van der Waals surface area contributed by atoms with Crippen LogP contribution >= 0.6 is 0 Å². The summed E-state index contributed by atoms with van der Waals surface area (Å²) in [5, 5.41) is 0. The molecule has 1 aliphatic rings. The second-order valence-electron chi connectivity index (χ2n) is 17.3. The van der Waals surface area contributed by atoms with Crippen molar-refractivity contribution in [3.05, 3.63) is 102 Å². The van der Waals surface area contributed by atoms with Crippen molar-refractivity contribution >= 4 is 35.8 Å². The zero-order valence-corrected chi connectivity index (χ0v) is 39.5. The van der Waals surface area contributed by atoms with Crippen molar-refractivity contribution < 1.29 is 66.3 Å². The zero-order valence-electron chi connectivity index (χ0n) is 39.5. The lowest BCUT2D eigenvalue weighted by Crippen LogP contribution is -2.44. The first kappa shape index (κ1) is 53.3. The van der Waals surface area contributed by atoms with Gasteiger partial charge in [0.25, 0.3) is 0 Å². The maximum Gasteiger partial charge on any atom is 0.333 e. The van der Waals surface area contributed by atoms with Crippen LogP contribution < -0.4 is 4.74 Å². The number of hydrogen-bond donors (Lipinski definition) is 0. The molecule has 1 aliphatic carbocycles. The Morgan fingerprint density at radius 2 is 1.16 bits per heavy atom. The van der Waals surface area contributed by atoms with Gasteiger partial charge in [0.2, 0.25) is 0 Å². The molecule has 0 radical (unpaired) electrons. The lowest BCUT2D eigenvalue weighted by molar-refractivity contribution is -0.165. The van der Waals surface area contributed by atoms with Crippen LogP contribution in [0.3, 0.4) is 0 Å². The minimum absolute atomic E-state index is 0.0843. The largest absolute Gasteiger partial charge is 0.493 e. The first-order chi connectivity index (χ1) is 32.1. The van der Waals surface area contributed by atoms with Crippen molar-refractivity contribution in [3.63, 3.8) is 0 Å². The highest BCUT2D eigenvalue weighted by atomic mass is 19.1. The number of benzene rings is 3. The van der Waals surface area contributed by atoms with E-state index >= 15 is 4.39 Å². The third-order valence-corrected chi connectivity index (χ3v) is 11.8. The van der Waals surface area contributed by atoms with Crippen molar-refractivity contribution in [2.24, 2.45) is 11.3 Å². The average Bonchev–Trinajstić information content (AvgIpc) is 3.33. The molecule has 0 saturated heterocycles. The molecule has 67 heavy (non-hydrogen) atoms. The van der Waals surface area contributed by atoms with E-state index in [1.807, 2.05) is 30.3 Å². The summed E-state index contributed by atoms with van der Waals surface area (Å²) in [6, 6.07) is 17.9. The van der Waals surface area contributed by atoms with Gasteiger partial charge in [-0.05, 0) is 103 Å². The number of ether oxygens (including phenoxy) is 7. The van der Waals surface area contributed by atoms with E-state index in [0.29, 0.717) is 39.5 Å². The predicted molar refractivity (Wildman–Crippen MR) is 249 cm³/mol. The quantitative estimate of drug-likeness (QED) is 0.0323. The van der Waals surface area contributed by atoms with Crippen LogP contribution in [0.4, 0.5) is 4.39 Å². The molecule has 0 bridgehead atoms. The zero-order chi connectivity index (χ0) is 48.9. The Morgan fingerprint density at radius 3 is 1.72 bits per heavy atom. The van der Waals surface area contributed by atoms with E-state index in [-0.39, 0.29) is 55.9 Å². The Balaban J connectivity index is 1.58. The summed E-state index contributed by atoms with van der Waals surface area (Å²) >= 11 is 0. The van der Waals surface area contributed by atoms with Gasteiger partial charge in [-0.3, -0.25) is 19.2 Å². The van der Waals surface area contributed by atoms with E-state index in [1.54, 1.807) is 37.3 Å². The Labute approximate surface area is 393 Å². The van der Waals surface area contributed by atoms with Crippen LogP contribution in [-0.2, 0) is 63.8 Å². The maximum absolute atomic E-state index is 16.0. The van der Waals surface area contributed by atoms with Gasteiger partial charge in [-0.2, -0.15) is 0 Å². The molecule has 1 saturated carbocycles. The number of halogens is 1. The first-order valence-corrected chi connectivity index (χ1v) is 22.8. The third-order valence-electron chi connectivity index (χ3n) is 11.8. The van der Waals surface area contributed by atoms with Gasteiger partial charge in [-0.1, -0.05) is 82.2 Å². The minimum Gasteiger partial charge on any atom is -0.493 e. The van der Waals surface area contributed by atoms with Gasteiger partial charge in [0.15, 0.2) is 0 Å². The Bertz CT molecular complexity index is 2170. The van der Waals surface area contributed by atoms with Crippen molar-refractivity contribution in [1.29, 1.82) is 0 Å². The van der Waals surface area contributed by atoms with E-state index in [2.05, 4.69) is 29.6 Å². The number of rotatable bonds is 26. The van der Waals surface area contributed by atoms with Crippen LogP contribution in [0, 0.1) is 17.2 Å². The summed E-state index contributed by atoms with van der Waals surface area (Å²) in [6.07, 6.45) is 8.37. The normalized spacial score (nSPS) is 14.5. The van der Waals surface area contributed by atoms with Crippen LogP contribution in [0.25, 0.3) is 22.3 Å². The number of methoxy groups -OCH3 is 2. The summed E-state index contributed by atoms with van der Waals surface area (Å²) in [5.74, 6) is -3.04. The average molecular weight is 929 g/mol. The first-order valence-electron chi connectivity index (χ1n) is 22.8. The molecule has 0 N–H and O–H groups in total. The summed E-state index contributed by atoms with van der Waals surface area (Å²) in [4.78, 5) is 73.9. The molecule has 0 atom stereocenters. The molecule has 3 aromatic carbocycles. The summed E-state index contributed by atoms with van der Waals surface area (Å²) < 4.78 is 53.5. The lowest BCUT2D eigenvalue weighted by Gasteiger charge is -2.32. The minimum atomic E-state index is -1.48. The van der Waals surface area contributed by atoms with Gasteiger partial charge in [-0.15, -0.1) is 0 Å². The van der Waals surface area contributed by atoms with Gasteiger partial charge < -0.3 is 33.2 Å². The molecule has 1 fully saturated rings. The van der Waals surface area contributed by atoms with E-state index in [1.165, 1.54) is 59.7 Å². The molecular weight excluding hydrogens is 864 g/mol. The molecule has 0 heterocycles. The Morgan fingerprint density at radius 1 is 0.627 bits per heavy atom. The van der Waals surface area contributed by atoms with Crippen LogP contribution in [0.5, 0.6) is 5.75 Å². The topological polar surface area (TPSA) is 167 Å². The van der Waals surface area contributed by atoms with Gasteiger partial charge in [0, 0.05) is 16.7 Å². The van der Waals surface area contributed by atoms with Crippen molar-refractivity contribution in [3.8, 4) is 28.0 Å². The van der Waals surface area contributed by atoms with E-state index < -0.39 is 61.1 Å². The second-order valence-corrected chi connectivity index (χ2v) is 17.3. The molecule has 4 rings (SSSR count). The van der Waals surface area contributed by atoms with Gasteiger partial charge in [0.05, 0.1) is 39.9 Å². The van der Waals surface area contributed by atoms with Gasteiger partial charge >= 0.3 is 35.8 Å². The summed E-state index contributed by atoms with van der Waals surface area (Å²) in [5.41, 5.74) is 2.93. The molecule has 13 nitrogen and oxygen atoms in total. The van der Waals surface area contributed by atoms with Crippen LogP contribution in [0.2, 0.25) is 0 Å². The standard InChI is InChI=1S/C53H65FO13/c1-8-9-10-11-37-12-14-38(15-13-37)40-18-23-45(46(54)29-40)41-19-22-44(42(28-41)30-63-51(59)35(2)3)39-16-20-43(21-17-39)64-31-53(34-67-52(60)36(4)5,32-65-49(57)26-24-47(55)61-6)33-66-50(58)27-25-48(56)62-7/h16-23,28-29,37-38H,2,4,8-15,24-27,30-34H2,1,3,5-7H3. The summed E-state index contributed by atoms with van der Waals surface area (Å²) in [7, 11) is 2.37. The molecule has 14 heteroatoms. The fraction of sp³-hybridized carbons (Fsp3) is 0.472. The predicted octanol–water partition coefficient (Wildman–Crippen LogP) is 10.1. The van der Waals surface area contributed by atoms with Gasteiger partial charge in [-0.25, -0.2) is 14.0 Å². The van der Waals surface area contributed by atoms with Crippen LogP contribution in [0.1, 0.15) is 115 Å². The van der Waals surface area contributed by atoms with E-state index in [4.69, 9.17) is 23.7 Å². The Kier molecular flexibility index (Phi) is 21.3. The van der Waals surface area contributed by atoms with Crippen molar-refractivity contribution in [2.75, 3.05) is 40.6 Å². The number of carbonyl (C=O) groups excluding carboxylic acids is 6. The number of hydrogen-bond acceptors (Lipinski definition) is 13. The molecule has 362 valence electrons. The SMILES string of the molecule is C=C(C)C(=O)OCc1cc(-c2ccc(C3CCC(CCCCC)CC3)cc2F)ccc1-c1ccc(OCC(COC(=O)CCC(=O)OC)(COC(=O)CCC(=O)OC)COC(=O)C(=C)C)cc1. The maximum atomic E-state index is 16.0. The van der Waals surface area contributed by atoms with Crippen molar-refractivity contribution in [2.45, 2.75) is 110 Å². The fourth-order valence-electron chi connectivity index (χ4n) is 7.70. The molecular formula is C53H65FO13. The fourth-order valence-corrected chi connectivity index (χ4v) is 7.70. The highest BCUT2D eigenvalue weighted by Gasteiger charge is 2.38. The number of carbonyl (C=O) groups is 6. The molecule has 0 aliphatic heterocycles. The third kappa shape index (κ3) is 17.1. The van der Waals surface area contributed by atoms with Crippen LogP contribution in [-0.4, -0.2) is 76.5 Å². The van der Waals surface area contributed by atoms with Crippen molar-refractivity contribution in [1.82, 2.24) is 0 Å². The van der Waals surface area contributed by atoms with E-state index in [9.17, 15) is 28.8 Å². The lowest BCUT2D eigenvalue weighted by atomic mass is 9.77. The molecule has 0 unspecified atom stereocenters. The Hall–Kier alpha value is -6.31. The monoisotopic (exact) mass is 928 g/mol. The van der Waals surface area contributed by atoms with E-state index in [0.717, 1.165) is 24.3 Å². The molecule has 3 aromatic rings. The smallest absolute Gasteiger partial charge is 0.333 e. The molecule has 0 aromatic heterocycles. The molecule has 0 amide bonds.